The van der Waals surface area contributed by atoms with Crippen LogP contribution in [0, 0.1) is 6.92 Å². The molecule has 0 fully saturated rings. The number of hydrogen-bond acceptors (Lipinski definition) is 4. The molecular formula is C25H28N2O4S. The van der Waals surface area contributed by atoms with Crippen LogP contribution < -0.4 is 14.4 Å². The van der Waals surface area contributed by atoms with Crippen molar-refractivity contribution in [1.82, 2.24) is 5.32 Å². The van der Waals surface area contributed by atoms with Gasteiger partial charge in [0, 0.05) is 0 Å². The Kier molecular flexibility index (Phi) is 7.53. The van der Waals surface area contributed by atoms with Crippen molar-refractivity contribution in [1.29, 1.82) is 0 Å². The van der Waals surface area contributed by atoms with Crippen molar-refractivity contribution in [3.63, 3.8) is 0 Å². The van der Waals surface area contributed by atoms with E-state index >= 15 is 0 Å². The second-order valence-electron chi connectivity index (χ2n) is 7.45. The Labute approximate surface area is 189 Å². The zero-order valence-electron chi connectivity index (χ0n) is 18.5. The molecule has 0 aromatic heterocycles. The lowest BCUT2D eigenvalue weighted by atomic mass is 10.1. The van der Waals surface area contributed by atoms with Crippen molar-refractivity contribution in [2.75, 3.05) is 17.5 Å². The monoisotopic (exact) mass is 452 g/mol. The van der Waals surface area contributed by atoms with Gasteiger partial charge in [-0.25, -0.2) is 8.42 Å². The molecule has 0 saturated carbocycles. The molecule has 6 nitrogen and oxygen atoms in total. The predicted octanol–water partition coefficient (Wildman–Crippen LogP) is 4.47. The third-order valence-corrected chi connectivity index (χ3v) is 6.80. The number of carbonyl (C=O) groups excluding carboxylic acids is 1. The molecule has 1 amide bonds. The van der Waals surface area contributed by atoms with Gasteiger partial charge in [0.15, 0.2) is 0 Å². The Morgan fingerprint density at radius 1 is 0.969 bits per heavy atom. The van der Waals surface area contributed by atoms with Crippen LogP contribution in [0.3, 0.4) is 0 Å². The van der Waals surface area contributed by atoms with Gasteiger partial charge in [0.05, 0.1) is 23.2 Å². The lowest BCUT2D eigenvalue weighted by molar-refractivity contribution is -0.120. The number of amides is 1. The van der Waals surface area contributed by atoms with Crippen LogP contribution in [0.2, 0.25) is 0 Å². The van der Waals surface area contributed by atoms with E-state index in [1.165, 1.54) is 12.1 Å². The van der Waals surface area contributed by atoms with Gasteiger partial charge in [-0.05, 0) is 62.7 Å². The first-order valence-corrected chi connectivity index (χ1v) is 11.9. The summed E-state index contributed by atoms with van der Waals surface area (Å²) in [7, 11) is -3.95. The second-order valence-corrected chi connectivity index (χ2v) is 9.31. The molecule has 1 N–H and O–H groups in total. The lowest BCUT2D eigenvalue weighted by Crippen LogP contribution is -2.41. The van der Waals surface area contributed by atoms with Crippen molar-refractivity contribution >= 4 is 21.6 Å². The highest BCUT2D eigenvalue weighted by Crippen LogP contribution is 2.26. The van der Waals surface area contributed by atoms with Gasteiger partial charge < -0.3 is 10.1 Å². The van der Waals surface area contributed by atoms with E-state index < -0.39 is 15.9 Å². The fourth-order valence-corrected chi connectivity index (χ4v) is 4.71. The highest BCUT2D eigenvalue weighted by atomic mass is 32.2. The van der Waals surface area contributed by atoms with E-state index in [0.717, 1.165) is 15.4 Å². The van der Waals surface area contributed by atoms with Gasteiger partial charge in [0.25, 0.3) is 10.0 Å². The van der Waals surface area contributed by atoms with Gasteiger partial charge in [-0.15, -0.1) is 0 Å². The number of rotatable bonds is 9. The van der Waals surface area contributed by atoms with E-state index in [1.807, 2.05) is 45.0 Å². The second kappa shape index (κ2) is 10.3. The fraction of sp³-hybridized carbons (Fsp3) is 0.240. The molecule has 0 radical (unpaired) electrons. The summed E-state index contributed by atoms with van der Waals surface area (Å²) in [5, 5.41) is 2.90. The van der Waals surface area contributed by atoms with Gasteiger partial charge >= 0.3 is 0 Å². The minimum atomic E-state index is -3.95. The molecule has 0 aliphatic carbocycles. The summed E-state index contributed by atoms with van der Waals surface area (Å²) in [6, 6.07) is 22.4. The standard InChI is InChI=1S/C25H28N2O4S/c1-4-31-23-16-14-22(15-17-23)27(32(29,30)24-8-6-5-7-9-24)18-25(28)26-20(3)21-12-10-19(2)11-13-21/h5-17,20H,4,18H2,1-3H3,(H,26,28)/t20-/m1/s1. The highest BCUT2D eigenvalue weighted by molar-refractivity contribution is 7.92. The molecule has 7 heteroatoms. The molecule has 3 aromatic carbocycles. The zero-order valence-corrected chi connectivity index (χ0v) is 19.3. The molecule has 0 unspecified atom stereocenters. The van der Waals surface area contributed by atoms with Crippen LogP contribution in [0.25, 0.3) is 0 Å². The van der Waals surface area contributed by atoms with Crippen LogP contribution in [0.15, 0.2) is 83.8 Å². The number of anilines is 1. The number of sulfonamides is 1. The average molecular weight is 453 g/mol. The molecule has 0 heterocycles. The fourth-order valence-electron chi connectivity index (χ4n) is 3.27. The quantitative estimate of drug-likeness (QED) is 0.520. The lowest BCUT2D eigenvalue weighted by Gasteiger charge is -2.25. The Morgan fingerprint density at radius 2 is 1.59 bits per heavy atom. The SMILES string of the molecule is CCOc1ccc(N(CC(=O)N[C@H](C)c2ccc(C)cc2)S(=O)(=O)c2ccccc2)cc1. The maximum atomic E-state index is 13.4. The minimum Gasteiger partial charge on any atom is -0.494 e. The summed E-state index contributed by atoms with van der Waals surface area (Å²) in [5.74, 6) is 0.234. The number of hydrogen-bond donors (Lipinski definition) is 1. The van der Waals surface area contributed by atoms with E-state index in [9.17, 15) is 13.2 Å². The van der Waals surface area contributed by atoms with Crippen molar-refractivity contribution in [3.05, 3.63) is 90.0 Å². The number of aryl methyl sites for hydroxylation is 1. The van der Waals surface area contributed by atoms with Crippen molar-refractivity contribution < 1.29 is 17.9 Å². The molecule has 168 valence electrons. The maximum Gasteiger partial charge on any atom is 0.264 e. The van der Waals surface area contributed by atoms with Crippen LogP contribution in [0.1, 0.15) is 31.0 Å². The van der Waals surface area contributed by atoms with E-state index in [4.69, 9.17) is 4.74 Å². The van der Waals surface area contributed by atoms with Crippen LogP contribution in [0.5, 0.6) is 5.75 Å². The molecule has 32 heavy (non-hydrogen) atoms. The third kappa shape index (κ3) is 5.68. The maximum absolute atomic E-state index is 13.4. The van der Waals surface area contributed by atoms with Gasteiger partial charge in [0.2, 0.25) is 5.91 Å². The molecular weight excluding hydrogens is 424 g/mol. The number of benzene rings is 3. The normalized spacial score (nSPS) is 12.1. The van der Waals surface area contributed by atoms with Crippen LogP contribution in [-0.2, 0) is 14.8 Å². The molecule has 0 saturated heterocycles. The summed E-state index contributed by atoms with van der Waals surface area (Å²) in [5.41, 5.74) is 2.46. The smallest absolute Gasteiger partial charge is 0.264 e. The van der Waals surface area contributed by atoms with Crippen LogP contribution in [0.4, 0.5) is 5.69 Å². The van der Waals surface area contributed by atoms with Gasteiger partial charge in [-0.1, -0.05) is 48.0 Å². The third-order valence-electron chi connectivity index (χ3n) is 5.01. The van der Waals surface area contributed by atoms with E-state index in [1.54, 1.807) is 42.5 Å². The van der Waals surface area contributed by atoms with Crippen molar-refractivity contribution in [2.45, 2.75) is 31.7 Å². The topological polar surface area (TPSA) is 75.7 Å². The molecule has 0 spiro atoms. The Hall–Kier alpha value is -3.32. The summed E-state index contributed by atoms with van der Waals surface area (Å²) in [6.45, 7) is 5.90. The summed E-state index contributed by atoms with van der Waals surface area (Å²) in [4.78, 5) is 13.0. The summed E-state index contributed by atoms with van der Waals surface area (Å²) in [6.07, 6.45) is 0. The Bertz CT molecular complexity index is 1130. The first-order chi connectivity index (χ1) is 15.3. The van der Waals surface area contributed by atoms with Crippen molar-refractivity contribution in [2.24, 2.45) is 0 Å². The molecule has 3 aromatic rings. The first-order valence-electron chi connectivity index (χ1n) is 10.5. The van der Waals surface area contributed by atoms with Crippen LogP contribution >= 0.6 is 0 Å². The highest BCUT2D eigenvalue weighted by Gasteiger charge is 2.27. The van der Waals surface area contributed by atoms with Gasteiger partial charge in [-0.2, -0.15) is 0 Å². The number of nitrogens with zero attached hydrogens (tertiary/aromatic N) is 1. The minimum absolute atomic E-state index is 0.119. The Balaban J connectivity index is 1.86. The van der Waals surface area contributed by atoms with E-state index in [0.29, 0.717) is 18.0 Å². The van der Waals surface area contributed by atoms with E-state index in [2.05, 4.69) is 5.32 Å². The molecule has 0 bridgehead atoms. The van der Waals surface area contributed by atoms with Crippen LogP contribution in [-0.4, -0.2) is 27.5 Å². The number of ether oxygens (including phenoxy) is 1. The van der Waals surface area contributed by atoms with Crippen molar-refractivity contribution in [3.8, 4) is 5.75 Å². The average Bonchev–Trinajstić information content (AvgIpc) is 2.79. The Morgan fingerprint density at radius 3 is 2.19 bits per heavy atom. The molecule has 3 rings (SSSR count). The number of carbonyl (C=O) groups is 1. The van der Waals surface area contributed by atoms with E-state index in [-0.39, 0.29) is 17.5 Å². The predicted molar refractivity (Wildman–Crippen MR) is 126 cm³/mol. The number of nitrogens with one attached hydrogen (secondary N) is 1. The molecule has 0 aliphatic heterocycles. The van der Waals surface area contributed by atoms with Gasteiger partial charge in [-0.3, -0.25) is 9.10 Å². The summed E-state index contributed by atoms with van der Waals surface area (Å²) < 4.78 is 33.3. The zero-order chi connectivity index (χ0) is 23.1. The molecule has 1 atom stereocenters. The molecule has 0 aliphatic rings. The summed E-state index contributed by atoms with van der Waals surface area (Å²) >= 11 is 0. The largest absolute Gasteiger partial charge is 0.494 e. The van der Waals surface area contributed by atoms with Gasteiger partial charge in [0.1, 0.15) is 12.3 Å². The first kappa shape index (κ1) is 23.3.